The van der Waals surface area contributed by atoms with Gasteiger partial charge in [-0.3, -0.25) is 0 Å². The predicted octanol–water partition coefficient (Wildman–Crippen LogP) is 1.58. The number of rotatable bonds is 4. The van der Waals surface area contributed by atoms with Gasteiger partial charge in [0.25, 0.3) is 0 Å². The van der Waals surface area contributed by atoms with Crippen LogP contribution in [0.15, 0.2) is 18.2 Å². The smallest absolute Gasteiger partial charge is 0.142 e. The van der Waals surface area contributed by atoms with Gasteiger partial charge in [0.15, 0.2) is 0 Å². The van der Waals surface area contributed by atoms with Crippen LogP contribution in [0.25, 0.3) is 0 Å². The van der Waals surface area contributed by atoms with Crippen LogP contribution in [0.5, 0.6) is 11.5 Å². The molecule has 1 atom stereocenters. The molecule has 1 fully saturated rings. The molecule has 0 aromatic heterocycles. The Kier molecular flexibility index (Phi) is 4.60. The lowest BCUT2D eigenvalue weighted by molar-refractivity contribution is 0.402. The van der Waals surface area contributed by atoms with Crippen molar-refractivity contribution < 1.29 is 9.47 Å². The first kappa shape index (κ1) is 13.4. The summed E-state index contributed by atoms with van der Waals surface area (Å²) in [5, 5.41) is 0.495. The molecule has 1 aromatic carbocycles. The lowest BCUT2D eigenvalue weighted by Crippen LogP contribution is -2.41. The molecule has 18 heavy (non-hydrogen) atoms. The topological polar surface area (TPSA) is 47.7 Å². The van der Waals surface area contributed by atoms with E-state index in [1.54, 1.807) is 14.2 Å². The molecule has 4 nitrogen and oxygen atoms in total. The molecule has 1 saturated heterocycles. The molecule has 0 bridgehead atoms. The summed E-state index contributed by atoms with van der Waals surface area (Å²) in [7, 11) is 3.38. The number of nitrogens with two attached hydrogens (primary N) is 1. The van der Waals surface area contributed by atoms with Gasteiger partial charge in [-0.05, 0) is 12.1 Å². The van der Waals surface area contributed by atoms with E-state index in [-0.39, 0.29) is 0 Å². The van der Waals surface area contributed by atoms with Gasteiger partial charge in [0.05, 0.1) is 19.9 Å². The number of hydrogen-bond donors (Lipinski definition) is 1. The molecule has 0 radical (unpaired) electrons. The fraction of sp³-hybridized carbons (Fsp3) is 0.538. The maximum Gasteiger partial charge on any atom is 0.142 e. The van der Waals surface area contributed by atoms with Crippen LogP contribution in [0.3, 0.4) is 0 Å². The highest BCUT2D eigenvalue weighted by Gasteiger charge is 2.22. The zero-order valence-electron chi connectivity index (χ0n) is 10.9. The minimum atomic E-state index is 0.495. The van der Waals surface area contributed by atoms with Crippen molar-refractivity contribution in [3.63, 3.8) is 0 Å². The molecule has 1 aliphatic rings. The van der Waals surface area contributed by atoms with Crippen LogP contribution in [0.1, 0.15) is 0 Å². The first-order chi connectivity index (χ1) is 8.78. The second kappa shape index (κ2) is 6.20. The van der Waals surface area contributed by atoms with Crippen LogP contribution < -0.4 is 20.1 Å². The summed E-state index contributed by atoms with van der Waals surface area (Å²) >= 11 is 1.95. The SMILES string of the molecule is COc1ccc(OC)c(N2CCSC(CN)C2)c1. The van der Waals surface area contributed by atoms with Crippen molar-refractivity contribution in [3.8, 4) is 11.5 Å². The summed E-state index contributed by atoms with van der Waals surface area (Å²) in [5.41, 5.74) is 6.86. The zero-order valence-corrected chi connectivity index (χ0v) is 11.7. The number of ether oxygens (including phenoxy) is 2. The molecular formula is C13H20N2O2S. The third-order valence-corrected chi connectivity index (χ3v) is 4.36. The molecule has 1 aromatic rings. The van der Waals surface area contributed by atoms with Gasteiger partial charge in [-0.25, -0.2) is 0 Å². The summed E-state index contributed by atoms with van der Waals surface area (Å²) in [6, 6.07) is 5.90. The standard InChI is InChI=1S/C13H20N2O2S/c1-16-10-3-4-13(17-2)12(7-10)15-5-6-18-11(8-14)9-15/h3-4,7,11H,5-6,8-9,14H2,1-2H3. The number of methoxy groups -OCH3 is 2. The van der Waals surface area contributed by atoms with E-state index >= 15 is 0 Å². The fourth-order valence-corrected chi connectivity index (χ4v) is 3.21. The number of anilines is 1. The highest BCUT2D eigenvalue weighted by molar-refractivity contribution is 8.00. The van der Waals surface area contributed by atoms with E-state index in [2.05, 4.69) is 4.90 Å². The van der Waals surface area contributed by atoms with Gasteiger partial charge in [0, 0.05) is 36.7 Å². The third kappa shape index (κ3) is 2.84. The number of thioether (sulfide) groups is 1. The molecule has 2 N–H and O–H groups in total. The van der Waals surface area contributed by atoms with Crippen LogP contribution in [-0.4, -0.2) is 44.9 Å². The van der Waals surface area contributed by atoms with Crippen molar-refractivity contribution in [1.29, 1.82) is 0 Å². The molecule has 1 heterocycles. The first-order valence-corrected chi connectivity index (χ1v) is 7.12. The predicted molar refractivity (Wildman–Crippen MR) is 77.1 cm³/mol. The van der Waals surface area contributed by atoms with Gasteiger partial charge in [-0.15, -0.1) is 0 Å². The molecule has 1 aliphatic heterocycles. The lowest BCUT2D eigenvalue weighted by atomic mass is 10.2. The molecule has 5 heteroatoms. The summed E-state index contributed by atoms with van der Waals surface area (Å²) in [4.78, 5) is 2.33. The Balaban J connectivity index is 2.24. The monoisotopic (exact) mass is 268 g/mol. The van der Waals surface area contributed by atoms with E-state index in [1.807, 2.05) is 30.0 Å². The Bertz CT molecular complexity index is 401. The zero-order chi connectivity index (χ0) is 13.0. The minimum Gasteiger partial charge on any atom is -0.497 e. The first-order valence-electron chi connectivity index (χ1n) is 6.07. The largest absolute Gasteiger partial charge is 0.497 e. The van der Waals surface area contributed by atoms with Gasteiger partial charge >= 0.3 is 0 Å². The second-order valence-electron chi connectivity index (χ2n) is 4.21. The van der Waals surface area contributed by atoms with Crippen LogP contribution >= 0.6 is 11.8 Å². The third-order valence-electron chi connectivity index (χ3n) is 3.13. The average molecular weight is 268 g/mol. The summed E-state index contributed by atoms with van der Waals surface area (Å²) in [6.45, 7) is 2.70. The Morgan fingerprint density at radius 1 is 1.39 bits per heavy atom. The van der Waals surface area contributed by atoms with Crippen LogP contribution in [0.4, 0.5) is 5.69 Å². The van der Waals surface area contributed by atoms with Gasteiger partial charge in [0.1, 0.15) is 11.5 Å². The lowest BCUT2D eigenvalue weighted by Gasteiger charge is -2.34. The number of benzene rings is 1. The Hall–Kier alpha value is -1.07. The normalized spacial score (nSPS) is 19.7. The molecule has 1 unspecified atom stereocenters. The van der Waals surface area contributed by atoms with Gasteiger partial charge < -0.3 is 20.1 Å². The van der Waals surface area contributed by atoms with Gasteiger partial charge in [-0.2, -0.15) is 11.8 Å². The molecule has 0 amide bonds. The molecular weight excluding hydrogens is 248 g/mol. The van der Waals surface area contributed by atoms with Crippen LogP contribution in [0, 0.1) is 0 Å². The average Bonchev–Trinajstić information content (AvgIpc) is 2.46. The van der Waals surface area contributed by atoms with Crippen molar-refractivity contribution >= 4 is 17.4 Å². The summed E-state index contributed by atoms with van der Waals surface area (Å²) < 4.78 is 10.7. The van der Waals surface area contributed by atoms with Gasteiger partial charge in [0.2, 0.25) is 0 Å². The summed E-state index contributed by atoms with van der Waals surface area (Å²) in [5.74, 6) is 2.84. The fourth-order valence-electron chi connectivity index (χ4n) is 2.12. The van der Waals surface area contributed by atoms with Crippen molar-refractivity contribution in [1.82, 2.24) is 0 Å². The van der Waals surface area contributed by atoms with E-state index in [1.165, 1.54) is 0 Å². The van der Waals surface area contributed by atoms with Crippen LogP contribution in [0.2, 0.25) is 0 Å². The van der Waals surface area contributed by atoms with E-state index in [0.717, 1.165) is 36.0 Å². The van der Waals surface area contributed by atoms with E-state index < -0.39 is 0 Å². The summed E-state index contributed by atoms with van der Waals surface area (Å²) in [6.07, 6.45) is 0. The minimum absolute atomic E-state index is 0.495. The molecule has 100 valence electrons. The molecule has 0 saturated carbocycles. The number of nitrogens with zero attached hydrogens (tertiary/aromatic N) is 1. The van der Waals surface area contributed by atoms with Crippen molar-refractivity contribution in [2.45, 2.75) is 5.25 Å². The maximum atomic E-state index is 5.77. The van der Waals surface area contributed by atoms with Crippen LogP contribution in [-0.2, 0) is 0 Å². The molecule has 2 rings (SSSR count). The molecule has 0 aliphatic carbocycles. The highest BCUT2D eigenvalue weighted by atomic mass is 32.2. The van der Waals surface area contributed by atoms with Crippen molar-refractivity contribution in [2.75, 3.05) is 44.5 Å². The maximum absolute atomic E-state index is 5.77. The van der Waals surface area contributed by atoms with Gasteiger partial charge in [-0.1, -0.05) is 0 Å². The highest BCUT2D eigenvalue weighted by Crippen LogP contribution is 2.34. The van der Waals surface area contributed by atoms with Crippen molar-refractivity contribution in [2.24, 2.45) is 5.73 Å². The van der Waals surface area contributed by atoms with Crippen molar-refractivity contribution in [3.05, 3.63) is 18.2 Å². The van der Waals surface area contributed by atoms with E-state index in [4.69, 9.17) is 15.2 Å². The quantitative estimate of drug-likeness (QED) is 0.898. The number of hydrogen-bond acceptors (Lipinski definition) is 5. The Morgan fingerprint density at radius 2 is 2.22 bits per heavy atom. The Morgan fingerprint density at radius 3 is 2.89 bits per heavy atom. The second-order valence-corrected chi connectivity index (χ2v) is 5.62. The van der Waals surface area contributed by atoms with E-state index in [0.29, 0.717) is 11.8 Å². The van der Waals surface area contributed by atoms with E-state index in [9.17, 15) is 0 Å². The molecule has 0 spiro atoms. The Labute approximate surface area is 112 Å².